The van der Waals surface area contributed by atoms with E-state index in [-0.39, 0.29) is 0 Å². The van der Waals surface area contributed by atoms with Crippen LogP contribution in [0, 0.1) is 0 Å². The molecule has 4 heteroatoms. The predicted octanol–water partition coefficient (Wildman–Crippen LogP) is 1.31. The number of aliphatic hydroxyl groups excluding tert-OH is 1. The molecule has 0 atom stereocenters. The first-order valence-electron chi connectivity index (χ1n) is 4.03. The molecule has 1 N–H and O–H groups in total. The van der Waals surface area contributed by atoms with E-state index in [2.05, 4.69) is 0 Å². The Hall–Kier alpha value is -2.10. The van der Waals surface area contributed by atoms with Gasteiger partial charge in [0.1, 0.15) is 0 Å². The van der Waals surface area contributed by atoms with Crippen LogP contribution in [-0.2, 0) is 0 Å². The van der Waals surface area contributed by atoms with E-state index in [1.165, 1.54) is 0 Å². The maximum Gasteiger partial charge on any atom is 0.265 e. The van der Waals surface area contributed by atoms with E-state index < -0.39 is 11.8 Å². The van der Waals surface area contributed by atoms with E-state index in [9.17, 15) is 9.59 Å². The molecule has 4 nitrogen and oxygen atoms in total. The molecule has 0 aromatic heterocycles. The fraction of sp³-hybridized carbons (Fsp3) is 0. The molecule has 1 aliphatic heterocycles. The molecule has 2 amide bonds. The molecule has 0 radical (unpaired) electrons. The quantitative estimate of drug-likeness (QED) is 0.535. The second kappa shape index (κ2) is 2.99. The number of benzene rings is 1. The fourth-order valence-corrected chi connectivity index (χ4v) is 1.41. The topological polar surface area (TPSA) is 57.6 Å². The fourth-order valence-electron chi connectivity index (χ4n) is 1.41. The third kappa shape index (κ3) is 1.01. The number of fused-ring (bicyclic) bond motifs is 1. The van der Waals surface area contributed by atoms with Gasteiger partial charge in [-0.2, -0.15) is 0 Å². The Morgan fingerprint density at radius 3 is 2.00 bits per heavy atom. The molecule has 1 aromatic rings. The van der Waals surface area contributed by atoms with Crippen LogP contribution in [0.2, 0.25) is 0 Å². The van der Waals surface area contributed by atoms with Crippen LogP contribution in [0.1, 0.15) is 20.7 Å². The van der Waals surface area contributed by atoms with Gasteiger partial charge in [0.2, 0.25) is 0 Å². The van der Waals surface area contributed by atoms with E-state index in [0.717, 1.165) is 11.1 Å². The molecule has 0 saturated carbocycles. The molecule has 0 saturated heterocycles. The Bertz CT molecular complexity index is 402. The number of imide groups is 1. The summed E-state index contributed by atoms with van der Waals surface area (Å²) in [6, 6.07) is 6.55. The summed E-state index contributed by atoms with van der Waals surface area (Å²) in [7, 11) is 0. The Morgan fingerprint density at radius 1 is 1.07 bits per heavy atom. The summed E-state index contributed by atoms with van der Waals surface area (Å²) >= 11 is 0. The maximum atomic E-state index is 11.5. The molecule has 0 aliphatic carbocycles. The minimum Gasteiger partial charge on any atom is -0.514 e. The van der Waals surface area contributed by atoms with Crippen LogP contribution in [-0.4, -0.2) is 21.8 Å². The van der Waals surface area contributed by atoms with Crippen molar-refractivity contribution < 1.29 is 14.7 Å². The van der Waals surface area contributed by atoms with Crippen LogP contribution in [0.3, 0.4) is 0 Å². The van der Waals surface area contributed by atoms with E-state index in [0.29, 0.717) is 17.4 Å². The van der Waals surface area contributed by atoms with Crippen molar-refractivity contribution in [1.82, 2.24) is 4.90 Å². The molecule has 1 aromatic carbocycles. The van der Waals surface area contributed by atoms with Crippen LogP contribution >= 0.6 is 0 Å². The molecule has 1 aliphatic rings. The first kappa shape index (κ1) is 8.50. The van der Waals surface area contributed by atoms with Crippen molar-refractivity contribution in [2.45, 2.75) is 0 Å². The smallest absolute Gasteiger partial charge is 0.265 e. The first-order chi connectivity index (χ1) is 6.75. The van der Waals surface area contributed by atoms with Crippen molar-refractivity contribution in [3.8, 4) is 0 Å². The number of hydrogen-bond acceptors (Lipinski definition) is 3. The number of hydrogen-bond donors (Lipinski definition) is 1. The van der Waals surface area contributed by atoms with Gasteiger partial charge in [-0.05, 0) is 12.1 Å². The van der Waals surface area contributed by atoms with Crippen molar-refractivity contribution >= 4 is 11.8 Å². The first-order valence-corrected chi connectivity index (χ1v) is 4.03. The highest BCUT2D eigenvalue weighted by molar-refractivity contribution is 6.21. The van der Waals surface area contributed by atoms with Crippen LogP contribution in [0.4, 0.5) is 0 Å². The third-order valence-corrected chi connectivity index (χ3v) is 2.04. The summed E-state index contributed by atoms with van der Waals surface area (Å²) < 4.78 is 0. The zero-order chi connectivity index (χ0) is 10.1. The van der Waals surface area contributed by atoms with Gasteiger partial charge in [0.25, 0.3) is 11.8 Å². The molecule has 14 heavy (non-hydrogen) atoms. The van der Waals surface area contributed by atoms with Gasteiger partial charge < -0.3 is 5.11 Å². The van der Waals surface area contributed by atoms with Crippen LogP contribution in [0.5, 0.6) is 0 Å². The number of nitrogens with zero attached hydrogens (tertiary/aromatic N) is 1. The Balaban J connectivity index is 2.53. The predicted molar refractivity (Wildman–Crippen MR) is 48.7 cm³/mol. The Morgan fingerprint density at radius 2 is 1.57 bits per heavy atom. The normalized spacial score (nSPS) is 15.3. The van der Waals surface area contributed by atoms with Gasteiger partial charge in [0.15, 0.2) is 0 Å². The Kier molecular flexibility index (Phi) is 1.81. The van der Waals surface area contributed by atoms with Gasteiger partial charge in [-0.1, -0.05) is 12.1 Å². The van der Waals surface area contributed by atoms with Crippen LogP contribution in [0.25, 0.3) is 0 Å². The zero-order valence-corrected chi connectivity index (χ0v) is 7.18. The van der Waals surface area contributed by atoms with Crippen molar-refractivity contribution in [2.24, 2.45) is 0 Å². The van der Waals surface area contributed by atoms with Crippen LogP contribution in [0.15, 0.2) is 36.7 Å². The largest absolute Gasteiger partial charge is 0.514 e. The molecule has 1 heterocycles. The molecular weight excluding hydrogens is 182 g/mol. The number of carbonyl (C=O) groups is 2. The minimum absolute atomic E-state index is 0.371. The van der Waals surface area contributed by atoms with E-state index >= 15 is 0 Å². The van der Waals surface area contributed by atoms with Gasteiger partial charge in [0, 0.05) is 0 Å². The third-order valence-electron chi connectivity index (χ3n) is 2.04. The van der Waals surface area contributed by atoms with Gasteiger partial charge in [-0.25, -0.2) is 4.90 Å². The Labute approximate surface area is 80.1 Å². The standard InChI is InChI=1S/C10H7NO3/c12-6-5-11-9(13)7-3-1-2-4-8(7)10(11)14/h1-6,12H/b6-5+. The summed E-state index contributed by atoms with van der Waals surface area (Å²) in [5.41, 5.74) is 0.742. The molecule has 0 bridgehead atoms. The lowest BCUT2D eigenvalue weighted by Gasteiger charge is -2.04. The van der Waals surface area contributed by atoms with E-state index in [1.807, 2.05) is 0 Å². The monoisotopic (exact) mass is 189 g/mol. The molecule has 0 unspecified atom stereocenters. The van der Waals surface area contributed by atoms with Crippen molar-refractivity contribution in [3.05, 3.63) is 47.9 Å². The summed E-state index contributed by atoms with van der Waals surface area (Å²) in [5.74, 6) is -0.813. The van der Waals surface area contributed by atoms with Gasteiger partial charge in [-0.15, -0.1) is 0 Å². The molecule has 70 valence electrons. The second-order valence-electron chi connectivity index (χ2n) is 2.82. The van der Waals surface area contributed by atoms with Gasteiger partial charge in [0.05, 0.1) is 23.6 Å². The maximum absolute atomic E-state index is 11.5. The summed E-state index contributed by atoms with van der Waals surface area (Å²) in [5, 5.41) is 8.51. The molecular formula is C10H7NO3. The highest BCUT2D eigenvalue weighted by Gasteiger charge is 2.33. The average molecular weight is 189 g/mol. The van der Waals surface area contributed by atoms with E-state index in [4.69, 9.17) is 5.11 Å². The molecule has 0 spiro atoms. The number of aliphatic hydroxyl groups is 1. The minimum atomic E-state index is -0.407. The highest BCUT2D eigenvalue weighted by Crippen LogP contribution is 2.22. The number of carbonyl (C=O) groups excluding carboxylic acids is 2. The summed E-state index contributed by atoms with van der Waals surface area (Å²) in [6.07, 6.45) is 1.71. The average Bonchev–Trinajstić information content (AvgIpc) is 2.45. The highest BCUT2D eigenvalue weighted by atomic mass is 16.2. The molecule has 2 rings (SSSR count). The lowest BCUT2D eigenvalue weighted by atomic mass is 10.1. The summed E-state index contributed by atoms with van der Waals surface area (Å²) in [4.78, 5) is 24.0. The lowest BCUT2D eigenvalue weighted by molar-refractivity contribution is 0.0718. The molecule has 0 fully saturated rings. The van der Waals surface area contributed by atoms with Gasteiger partial charge in [-0.3, -0.25) is 9.59 Å². The lowest BCUT2D eigenvalue weighted by Crippen LogP contribution is -2.23. The van der Waals surface area contributed by atoms with Crippen molar-refractivity contribution in [1.29, 1.82) is 0 Å². The van der Waals surface area contributed by atoms with E-state index in [1.54, 1.807) is 24.3 Å². The zero-order valence-electron chi connectivity index (χ0n) is 7.18. The van der Waals surface area contributed by atoms with Gasteiger partial charge >= 0.3 is 0 Å². The summed E-state index contributed by atoms with van der Waals surface area (Å²) in [6.45, 7) is 0. The van der Waals surface area contributed by atoms with Crippen LogP contribution < -0.4 is 0 Å². The second-order valence-corrected chi connectivity index (χ2v) is 2.82. The number of amides is 2. The van der Waals surface area contributed by atoms with Crippen molar-refractivity contribution in [3.63, 3.8) is 0 Å². The SMILES string of the molecule is O=C1c2ccccc2C(=O)N1/C=C/O. The number of rotatable bonds is 1. The van der Waals surface area contributed by atoms with Crippen molar-refractivity contribution in [2.75, 3.05) is 0 Å².